The van der Waals surface area contributed by atoms with E-state index in [4.69, 9.17) is 4.74 Å². The fourth-order valence-corrected chi connectivity index (χ4v) is 1.78. The number of ether oxygens (including phenoxy) is 1. The number of allylic oxidation sites excluding steroid dienone is 2. The van der Waals surface area contributed by atoms with Gasteiger partial charge in [0.25, 0.3) is 0 Å². The van der Waals surface area contributed by atoms with Gasteiger partial charge in [-0.1, -0.05) is 24.6 Å². The van der Waals surface area contributed by atoms with Crippen LogP contribution < -0.4 is 0 Å². The molecule has 0 radical (unpaired) electrons. The van der Waals surface area contributed by atoms with E-state index in [9.17, 15) is 0 Å². The summed E-state index contributed by atoms with van der Waals surface area (Å²) >= 11 is 0. The molecule has 1 fully saturated rings. The predicted molar refractivity (Wildman–Crippen MR) is 54.6 cm³/mol. The summed E-state index contributed by atoms with van der Waals surface area (Å²) in [6.45, 7) is 1.80. The first-order valence-corrected chi connectivity index (χ1v) is 5.38. The maximum absolute atomic E-state index is 5.66. The van der Waals surface area contributed by atoms with Crippen molar-refractivity contribution >= 4 is 0 Å². The first-order chi connectivity index (χ1) is 6.45. The molecular formula is C12H18O. The minimum absolute atomic E-state index is 0.826. The van der Waals surface area contributed by atoms with Gasteiger partial charge in [-0.25, -0.2) is 0 Å². The van der Waals surface area contributed by atoms with Crippen LogP contribution >= 0.6 is 0 Å². The van der Waals surface area contributed by atoms with Gasteiger partial charge in [0.2, 0.25) is 0 Å². The summed E-state index contributed by atoms with van der Waals surface area (Å²) in [5.74, 6) is 0.869. The van der Waals surface area contributed by atoms with Gasteiger partial charge >= 0.3 is 0 Å². The topological polar surface area (TPSA) is 9.23 Å². The van der Waals surface area contributed by atoms with Gasteiger partial charge in [-0.3, -0.25) is 0 Å². The van der Waals surface area contributed by atoms with Crippen molar-refractivity contribution in [1.29, 1.82) is 0 Å². The van der Waals surface area contributed by atoms with Gasteiger partial charge in [-0.15, -0.1) is 0 Å². The van der Waals surface area contributed by atoms with Crippen molar-refractivity contribution in [2.24, 2.45) is 5.92 Å². The first-order valence-electron chi connectivity index (χ1n) is 5.38. The average Bonchev–Trinajstić information content (AvgIpc) is 2.11. The fraction of sp³-hybridized carbons (Fsp3) is 0.667. The molecule has 0 spiro atoms. The van der Waals surface area contributed by atoms with Gasteiger partial charge in [-0.05, 0) is 37.2 Å². The summed E-state index contributed by atoms with van der Waals surface area (Å²) in [6, 6.07) is 0. The highest BCUT2D eigenvalue weighted by Crippen LogP contribution is 2.26. The van der Waals surface area contributed by atoms with Crippen molar-refractivity contribution in [1.82, 2.24) is 0 Å². The summed E-state index contributed by atoms with van der Waals surface area (Å²) in [4.78, 5) is 0. The zero-order chi connectivity index (χ0) is 8.93. The molecule has 0 aromatic heterocycles. The van der Waals surface area contributed by atoms with Crippen molar-refractivity contribution in [3.05, 3.63) is 23.8 Å². The van der Waals surface area contributed by atoms with Crippen LogP contribution in [0.5, 0.6) is 0 Å². The lowest BCUT2D eigenvalue weighted by Crippen LogP contribution is -2.18. The zero-order valence-electron chi connectivity index (χ0n) is 8.17. The van der Waals surface area contributed by atoms with Crippen LogP contribution in [-0.4, -0.2) is 13.2 Å². The fourth-order valence-electron chi connectivity index (χ4n) is 1.78. The first kappa shape index (κ1) is 9.01. The standard InChI is InChI=1S/C12H18O/c1-2-5-11(6-3-1)9-13-10-12-7-4-8-12/h2,5-6,12H,1,3-4,7-10H2. The Labute approximate surface area is 80.5 Å². The van der Waals surface area contributed by atoms with E-state index >= 15 is 0 Å². The Hall–Kier alpha value is -0.560. The molecule has 0 unspecified atom stereocenters. The normalized spacial score (nSPS) is 22.6. The molecule has 0 saturated heterocycles. The number of hydrogen-bond acceptors (Lipinski definition) is 1. The Bertz CT molecular complexity index is 211. The molecule has 0 heterocycles. The van der Waals surface area contributed by atoms with E-state index in [1.807, 2.05) is 0 Å². The third-order valence-corrected chi connectivity index (χ3v) is 2.92. The van der Waals surface area contributed by atoms with E-state index in [-0.39, 0.29) is 0 Å². The molecule has 0 bridgehead atoms. The number of hydrogen-bond donors (Lipinski definition) is 0. The van der Waals surface area contributed by atoms with Crippen LogP contribution in [-0.2, 0) is 4.74 Å². The quantitative estimate of drug-likeness (QED) is 0.643. The molecular weight excluding hydrogens is 160 g/mol. The summed E-state index contributed by atoms with van der Waals surface area (Å²) in [5, 5.41) is 0. The highest BCUT2D eigenvalue weighted by molar-refractivity contribution is 5.22. The van der Waals surface area contributed by atoms with E-state index < -0.39 is 0 Å². The second-order valence-corrected chi connectivity index (χ2v) is 4.07. The molecule has 0 aromatic rings. The van der Waals surface area contributed by atoms with Crippen LogP contribution in [0.4, 0.5) is 0 Å². The SMILES string of the molecule is C1=CC(COCC2CCC2)=CCC1. The third-order valence-electron chi connectivity index (χ3n) is 2.92. The molecule has 2 aliphatic carbocycles. The molecule has 0 aliphatic heterocycles. The molecule has 2 rings (SSSR count). The van der Waals surface area contributed by atoms with Gasteiger partial charge in [0.1, 0.15) is 0 Å². The highest BCUT2D eigenvalue weighted by Gasteiger charge is 2.17. The third kappa shape index (κ3) is 2.70. The van der Waals surface area contributed by atoms with E-state index in [0.29, 0.717) is 0 Å². The Morgan fingerprint density at radius 1 is 1.31 bits per heavy atom. The Kier molecular flexibility index (Phi) is 3.20. The van der Waals surface area contributed by atoms with E-state index in [2.05, 4.69) is 18.2 Å². The highest BCUT2D eigenvalue weighted by atomic mass is 16.5. The zero-order valence-corrected chi connectivity index (χ0v) is 8.17. The molecule has 0 aromatic carbocycles. The minimum atomic E-state index is 0.826. The molecule has 72 valence electrons. The Morgan fingerprint density at radius 2 is 2.23 bits per heavy atom. The van der Waals surface area contributed by atoms with Gasteiger partial charge in [-0.2, -0.15) is 0 Å². The van der Waals surface area contributed by atoms with Crippen molar-refractivity contribution in [3.63, 3.8) is 0 Å². The van der Waals surface area contributed by atoms with Gasteiger partial charge in [0.05, 0.1) is 6.61 Å². The minimum Gasteiger partial charge on any atom is -0.376 e. The van der Waals surface area contributed by atoms with Crippen LogP contribution in [0.25, 0.3) is 0 Å². The Balaban J connectivity index is 1.61. The lowest BCUT2D eigenvalue weighted by atomic mass is 9.86. The maximum Gasteiger partial charge on any atom is 0.0713 e. The molecule has 2 aliphatic rings. The van der Waals surface area contributed by atoms with Gasteiger partial charge in [0.15, 0.2) is 0 Å². The van der Waals surface area contributed by atoms with Crippen molar-refractivity contribution < 1.29 is 4.74 Å². The van der Waals surface area contributed by atoms with Crippen LogP contribution in [0.15, 0.2) is 23.8 Å². The van der Waals surface area contributed by atoms with Gasteiger partial charge < -0.3 is 4.74 Å². The summed E-state index contributed by atoms with van der Waals surface area (Å²) < 4.78 is 5.66. The molecule has 0 atom stereocenters. The summed E-state index contributed by atoms with van der Waals surface area (Å²) in [6.07, 6.45) is 13.3. The number of rotatable bonds is 4. The van der Waals surface area contributed by atoms with Gasteiger partial charge in [0, 0.05) is 6.61 Å². The monoisotopic (exact) mass is 178 g/mol. The lowest BCUT2D eigenvalue weighted by Gasteiger charge is -2.25. The Morgan fingerprint density at radius 3 is 2.85 bits per heavy atom. The van der Waals surface area contributed by atoms with Crippen LogP contribution in [0.3, 0.4) is 0 Å². The second kappa shape index (κ2) is 4.61. The van der Waals surface area contributed by atoms with E-state index in [1.54, 1.807) is 0 Å². The van der Waals surface area contributed by atoms with E-state index in [0.717, 1.165) is 19.1 Å². The smallest absolute Gasteiger partial charge is 0.0713 e. The average molecular weight is 178 g/mol. The molecule has 13 heavy (non-hydrogen) atoms. The molecule has 1 heteroatoms. The van der Waals surface area contributed by atoms with Crippen molar-refractivity contribution in [3.8, 4) is 0 Å². The van der Waals surface area contributed by atoms with Crippen LogP contribution in [0.1, 0.15) is 32.1 Å². The molecule has 0 amide bonds. The molecule has 1 saturated carbocycles. The maximum atomic E-state index is 5.66. The second-order valence-electron chi connectivity index (χ2n) is 4.07. The van der Waals surface area contributed by atoms with Crippen LogP contribution in [0.2, 0.25) is 0 Å². The molecule has 0 N–H and O–H groups in total. The predicted octanol–water partition coefficient (Wildman–Crippen LogP) is 3.08. The summed E-state index contributed by atoms with van der Waals surface area (Å²) in [7, 11) is 0. The van der Waals surface area contributed by atoms with E-state index in [1.165, 1.54) is 37.7 Å². The molecule has 1 nitrogen and oxygen atoms in total. The lowest BCUT2D eigenvalue weighted by molar-refractivity contribution is 0.0856. The summed E-state index contributed by atoms with van der Waals surface area (Å²) in [5.41, 5.74) is 1.37. The van der Waals surface area contributed by atoms with Crippen LogP contribution in [0, 0.1) is 5.92 Å². The van der Waals surface area contributed by atoms with Crippen molar-refractivity contribution in [2.45, 2.75) is 32.1 Å². The van der Waals surface area contributed by atoms with Crippen molar-refractivity contribution in [2.75, 3.05) is 13.2 Å². The largest absolute Gasteiger partial charge is 0.376 e.